The van der Waals surface area contributed by atoms with Crippen molar-refractivity contribution in [3.63, 3.8) is 0 Å². The fraction of sp³-hybridized carbons (Fsp3) is 0.429. The van der Waals surface area contributed by atoms with Gasteiger partial charge in [-0.15, -0.1) is 0 Å². The summed E-state index contributed by atoms with van der Waals surface area (Å²) in [5.74, 6) is -0.297. The number of hydrogen-bond donors (Lipinski definition) is 1. The predicted molar refractivity (Wildman–Crippen MR) is 67.6 cm³/mol. The van der Waals surface area contributed by atoms with Gasteiger partial charge in [-0.3, -0.25) is 0 Å². The maximum absolute atomic E-state index is 13.2. The third-order valence-corrected chi connectivity index (χ3v) is 3.11. The molecule has 1 heterocycles. The van der Waals surface area contributed by atoms with E-state index in [0.29, 0.717) is 5.56 Å². The largest absolute Gasteiger partial charge is 0.389 e. The Morgan fingerprint density at radius 2 is 2.18 bits per heavy atom. The molecule has 1 N–H and O–H groups in total. The van der Waals surface area contributed by atoms with E-state index in [4.69, 9.17) is 0 Å². The van der Waals surface area contributed by atoms with Gasteiger partial charge in [0.2, 0.25) is 0 Å². The van der Waals surface area contributed by atoms with E-state index in [9.17, 15) is 9.50 Å². The van der Waals surface area contributed by atoms with Crippen molar-refractivity contribution in [3.8, 4) is 0 Å². The van der Waals surface area contributed by atoms with E-state index in [1.807, 2.05) is 0 Å². The number of hydrogen-bond acceptors (Lipinski definition) is 2. The van der Waals surface area contributed by atoms with Crippen LogP contribution in [0.1, 0.15) is 31.9 Å². The molecule has 0 amide bonds. The number of aliphatic hydroxyl groups excluding tert-OH is 1. The molecule has 1 aromatic carbocycles. The molecule has 0 fully saturated rings. The molecular weight excluding hydrogens is 217 g/mol. The van der Waals surface area contributed by atoms with Gasteiger partial charge >= 0.3 is 0 Å². The first-order chi connectivity index (χ1) is 8.08. The fourth-order valence-electron chi connectivity index (χ4n) is 2.27. The summed E-state index contributed by atoms with van der Waals surface area (Å²) in [6.45, 7) is 5.54. The molecule has 1 aromatic rings. The maximum Gasteiger partial charge on any atom is 0.123 e. The zero-order valence-electron chi connectivity index (χ0n) is 10.3. The van der Waals surface area contributed by atoms with Gasteiger partial charge in [0.1, 0.15) is 5.82 Å². The molecule has 0 saturated heterocycles. The lowest BCUT2D eigenvalue weighted by Gasteiger charge is -2.30. The first kappa shape index (κ1) is 12.1. The number of halogens is 1. The van der Waals surface area contributed by atoms with Gasteiger partial charge in [-0.2, -0.15) is 0 Å². The second kappa shape index (κ2) is 4.88. The van der Waals surface area contributed by atoms with Gasteiger partial charge in [-0.25, -0.2) is 4.39 Å². The molecule has 0 bridgehead atoms. The number of aliphatic hydroxyl groups is 1. The van der Waals surface area contributed by atoms with Crippen molar-refractivity contribution in [2.24, 2.45) is 0 Å². The van der Waals surface area contributed by atoms with Crippen LogP contribution in [0.4, 0.5) is 10.1 Å². The molecule has 0 spiro atoms. The number of benzene rings is 1. The minimum absolute atomic E-state index is 0.297. The maximum atomic E-state index is 13.2. The van der Waals surface area contributed by atoms with Gasteiger partial charge in [-0.05, 0) is 38.5 Å². The van der Waals surface area contributed by atoms with Crippen molar-refractivity contribution in [3.05, 3.63) is 41.2 Å². The molecule has 2 rings (SSSR count). The van der Waals surface area contributed by atoms with Crippen molar-refractivity contribution in [1.29, 1.82) is 0 Å². The Morgan fingerprint density at radius 1 is 1.41 bits per heavy atom. The van der Waals surface area contributed by atoms with E-state index in [1.165, 1.54) is 17.7 Å². The first-order valence-corrected chi connectivity index (χ1v) is 5.96. The van der Waals surface area contributed by atoms with Gasteiger partial charge < -0.3 is 10.0 Å². The van der Waals surface area contributed by atoms with Crippen LogP contribution in [0.25, 0.3) is 0 Å². The summed E-state index contributed by atoms with van der Waals surface area (Å²) < 4.78 is 13.2. The third kappa shape index (κ3) is 2.67. The van der Waals surface area contributed by atoms with Crippen LogP contribution in [0.15, 0.2) is 29.8 Å². The minimum atomic E-state index is -0.646. The van der Waals surface area contributed by atoms with Gasteiger partial charge in [0.05, 0.1) is 6.10 Å². The summed E-state index contributed by atoms with van der Waals surface area (Å²) in [4.78, 5) is 2.19. The highest BCUT2D eigenvalue weighted by atomic mass is 19.1. The lowest BCUT2D eigenvalue weighted by molar-refractivity contribution is 0.199. The van der Waals surface area contributed by atoms with Gasteiger partial charge in [-0.1, -0.05) is 11.6 Å². The van der Waals surface area contributed by atoms with Crippen molar-refractivity contribution < 1.29 is 9.50 Å². The van der Waals surface area contributed by atoms with E-state index < -0.39 is 6.10 Å². The Hall–Kier alpha value is -1.35. The van der Waals surface area contributed by atoms with E-state index in [2.05, 4.69) is 17.9 Å². The van der Waals surface area contributed by atoms with E-state index in [0.717, 1.165) is 25.2 Å². The summed E-state index contributed by atoms with van der Waals surface area (Å²) in [6, 6.07) is 4.64. The lowest BCUT2D eigenvalue weighted by Crippen LogP contribution is -2.30. The Balaban J connectivity index is 2.34. The van der Waals surface area contributed by atoms with Gasteiger partial charge in [0, 0.05) is 24.3 Å². The molecule has 92 valence electrons. The molecule has 2 nitrogen and oxygen atoms in total. The first-order valence-electron chi connectivity index (χ1n) is 5.96. The van der Waals surface area contributed by atoms with Crippen LogP contribution < -0.4 is 4.90 Å². The molecule has 1 aliphatic rings. The quantitative estimate of drug-likeness (QED) is 0.796. The second-order valence-corrected chi connectivity index (χ2v) is 4.64. The SMILES string of the molecule is CC1=CCCN(c2ccc(F)cc2[C@H](C)O)C1. The Kier molecular flexibility index (Phi) is 3.48. The van der Waals surface area contributed by atoms with Crippen LogP contribution in [0.5, 0.6) is 0 Å². The fourth-order valence-corrected chi connectivity index (χ4v) is 2.27. The highest BCUT2D eigenvalue weighted by molar-refractivity contribution is 5.56. The van der Waals surface area contributed by atoms with Crippen LogP contribution in [-0.2, 0) is 0 Å². The van der Waals surface area contributed by atoms with E-state index in [1.54, 1.807) is 13.0 Å². The zero-order valence-corrected chi connectivity index (χ0v) is 10.3. The molecule has 0 radical (unpaired) electrons. The van der Waals surface area contributed by atoms with Crippen molar-refractivity contribution in [1.82, 2.24) is 0 Å². The monoisotopic (exact) mass is 235 g/mol. The molecule has 0 aliphatic carbocycles. The third-order valence-electron chi connectivity index (χ3n) is 3.11. The standard InChI is InChI=1S/C14H18FNO/c1-10-4-3-7-16(9-10)14-6-5-12(15)8-13(14)11(2)17/h4-6,8,11,17H,3,7,9H2,1-2H3/t11-/m0/s1. The van der Waals surface area contributed by atoms with Crippen LogP contribution in [0.2, 0.25) is 0 Å². The molecule has 0 unspecified atom stereocenters. The zero-order chi connectivity index (χ0) is 12.4. The van der Waals surface area contributed by atoms with Gasteiger partial charge in [0.25, 0.3) is 0 Å². The molecule has 17 heavy (non-hydrogen) atoms. The molecule has 0 aromatic heterocycles. The topological polar surface area (TPSA) is 23.5 Å². The van der Waals surface area contributed by atoms with Crippen LogP contribution in [-0.4, -0.2) is 18.2 Å². The smallest absolute Gasteiger partial charge is 0.123 e. The normalized spacial score (nSPS) is 17.9. The summed E-state index contributed by atoms with van der Waals surface area (Å²) in [6.07, 6.45) is 2.58. The Morgan fingerprint density at radius 3 is 2.82 bits per heavy atom. The molecule has 0 saturated carbocycles. The second-order valence-electron chi connectivity index (χ2n) is 4.64. The average molecular weight is 235 g/mol. The molecule has 1 atom stereocenters. The average Bonchev–Trinajstić information content (AvgIpc) is 2.28. The highest BCUT2D eigenvalue weighted by Crippen LogP contribution is 2.29. The Labute approximate surface area is 101 Å². The van der Waals surface area contributed by atoms with Crippen LogP contribution in [0.3, 0.4) is 0 Å². The van der Waals surface area contributed by atoms with Crippen LogP contribution in [0, 0.1) is 5.82 Å². The number of anilines is 1. The van der Waals surface area contributed by atoms with Crippen molar-refractivity contribution in [2.75, 3.05) is 18.0 Å². The summed E-state index contributed by atoms with van der Waals surface area (Å²) in [5, 5.41) is 9.72. The summed E-state index contributed by atoms with van der Waals surface area (Å²) >= 11 is 0. The molecular formula is C14H18FNO. The minimum Gasteiger partial charge on any atom is -0.389 e. The van der Waals surface area contributed by atoms with E-state index >= 15 is 0 Å². The summed E-state index contributed by atoms with van der Waals surface area (Å²) in [7, 11) is 0. The van der Waals surface area contributed by atoms with Crippen molar-refractivity contribution >= 4 is 5.69 Å². The predicted octanol–water partition coefficient (Wildman–Crippen LogP) is 3.04. The molecule has 1 aliphatic heterocycles. The van der Waals surface area contributed by atoms with Gasteiger partial charge in [0.15, 0.2) is 0 Å². The molecule has 3 heteroatoms. The van der Waals surface area contributed by atoms with Crippen molar-refractivity contribution in [2.45, 2.75) is 26.4 Å². The number of nitrogens with zero attached hydrogens (tertiary/aromatic N) is 1. The number of rotatable bonds is 2. The van der Waals surface area contributed by atoms with Crippen LogP contribution >= 0.6 is 0 Å². The summed E-state index contributed by atoms with van der Waals surface area (Å²) in [5.41, 5.74) is 2.92. The highest BCUT2D eigenvalue weighted by Gasteiger charge is 2.17. The van der Waals surface area contributed by atoms with E-state index in [-0.39, 0.29) is 5.82 Å². The Bertz CT molecular complexity index is 440. The lowest BCUT2D eigenvalue weighted by atomic mass is 10.0.